The van der Waals surface area contributed by atoms with E-state index in [0.717, 1.165) is 6.54 Å². The lowest BCUT2D eigenvalue weighted by Crippen LogP contribution is -2.40. The van der Waals surface area contributed by atoms with Crippen LogP contribution in [0.15, 0.2) is 18.2 Å². The molecule has 1 fully saturated rings. The van der Waals surface area contributed by atoms with Crippen molar-refractivity contribution in [1.82, 2.24) is 10.2 Å². The van der Waals surface area contributed by atoms with Crippen molar-refractivity contribution in [2.24, 2.45) is 0 Å². The van der Waals surface area contributed by atoms with Crippen LogP contribution in [0.3, 0.4) is 0 Å². The molecule has 0 aliphatic heterocycles. The number of benzene rings is 1. The molecule has 1 aromatic rings. The highest BCUT2D eigenvalue weighted by atomic mass is 19.1. The van der Waals surface area contributed by atoms with Crippen LogP contribution in [0.2, 0.25) is 0 Å². The van der Waals surface area contributed by atoms with E-state index in [4.69, 9.17) is 0 Å². The fraction of sp³-hybridized carbons (Fsp3) is 0.600. The maximum Gasteiger partial charge on any atom is 0.130 e. The van der Waals surface area contributed by atoms with Crippen molar-refractivity contribution in [3.8, 4) is 0 Å². The average molecular weight is 268 g/mol. The molecule has 19 heavy (non-hydrogen) atoms. The molecule has 4 heteroatoms. The van der Waals surface area contributed by atoms with Crippen molar-refractivity contribution in [3.05, 3.63) is 35.4 Å². The van der Waals surface area contributed by atoms with E-state index in [-0.39, 0.29) is 11.6 Å². The zero-order valence-electron chi connectivity index (χ0n) is 11.8. The van der Waals surface area contributed by atoms with Gasteiger partial charge in [0.1, 0.15) is 11.6 Å². The smallest absolute Gasteiger partial charge is 0.130 e. The van der Waals surface area contributed by atoms with Crippen LogP contribution in [0.1, 0.15) is 38.3 Å². The number of hydrogen-bond donors (Lipinski definition) is 1. The van der Waals surface area contributed by atoms with Gasteiger partial charge in [0.05, 0.1) is 0 Å². The predicted molar refractivity (Wildman–Crippen MR) is 73.0 cm³/mol. The molecule has 0 heterocycles. The van der Waals surface area contributed by atoms with Crippen LogP contribution < -0.4 is 5.32 Å². The van der Waals surface area contributed by atoms with E-state index < -0.39 is 11.6 Å². The van der Waals surface area contributed by atoms with Crippen LogP contribution in [-0.4, -0.2) is 30.6 Å². The summed E-state index contributed by atoms with van der Waals surface area (Å²) in [5.74, 6) is -0.966. The van der Waals surface area contributed by atoms with Crippen LogP contribution in [0.5, 0.6) is 0 Å². The van der Waals surface area contributed by atoms with E-state index in [1.54, 1.807) is 6.92 Å². The predicted octanol–water partition coefficient (Wildman–Crippen LogP) is 3.10. The monoisotopic (exact) mass is 268 g/mol. The van der Waals surface area contributed by atoms with Gasteiger partial charge < -0.3 is 5.32 Å². The van der Waals surface area contributed by atoms with Gasteiger partial charge in [0, 0.05) is 30.2 Å². The maximum atomic E-state index is 13.6. The third-order valence-corrected chi connectivity index (χ3v) is 3.97. The van der Waals surface area contributed by atoms with Gasteiger partial charge in [0.15, 0.2) is 0 Å². The van der Waals surface area contributed by atoms with Crippen molar-refractivity contribution < 1.29 is 8.78 Å². The zero-order chi connectivity index (χ0) is 14.0. The van der Waals surface area contributed by atoms with Gasteiger partial charge in [0.25, 0.3) is 0 Å². The Labute approximate surface area is 113 Å². The topological polar surface area (TPSA) is 15.3 Å². The first-order valence-corrected chi connectivity index (χ1v) is 6.90. The van der Waals surface area contributed by atoms with E-state index in [1.165, 1.54) is 31.0 Å². The Balaban J connectivity index is 1.91. The largest absolute Gasteiger partial charge is 0.308 e. The van der Waals surface area contributed by atoms with E-state index in [0.29, 0.717) is 12.1 Å². The zero-order valence-corrected chi connectivity index (χ0v) is 11.8. The minimum Gasteiger partial charge on any atom is -0.308 e. The molecule has 0 radical (unpaired) electrons. The second-order valence-electron chi connectivity index (χ2n) is 5.51. The van der Waals surface area contributed by atoms with Gasteiger partial charge in [-0.25, -0.2) is 8.78 Å². The highest BCUT2D eigenvalue weighted by molar-refractivity contribution is 5.22. The molecule has 1 aliphatic carbocycles. The van der Waals surface area contributed by atoms with Gasteiger partial charge in [-0.1, -0.05) is 6.07 Å². The second-order valence-corrected chi connectivity index (χ2v) is 5.51. The van der Waals surface area contributed by atoms with Crippen molar-refractivity contribution in [2.45, 2.75) is 44.8 Å². The molecule has 0 bridgehead atoms. The molecular weight excluding hydrogens is 246 g/mol. The number of nitrogens with one attached hydrogen (secondary N) is 1. The van der Waals surface area contributed by atoms with Gasteiger partial charge in [-0.3, -0.25) is 4.90 Å². The number of hydrogen-bond acceptors (Lipinski definition) is 2. The highest BCUT2D eigenvalue weighted by Gasteiger charge is 2.29. The number of nitrogens with zero attached hydrogens (tertiary/aromatic N) is 1. The van der Waals surface area contributed by atoms with Crippen molar-refractivity contribution in [2.75, 3.05) is 13.6 Å². The number of rotatable bonds is 6. The molecule has 2 unspecified atom stereocenters. The van der Waals surface area contributed by atoms with Crippen LogP contribution >= 0.6 is 0 Å². The van der Waals surface area contributed by atoms with Crippen molar-refractivity contribution >= 4 is 0 Å². The summed E-state index contributed by atoms with van der Waals surface area (Å²) in [6.07, 6.45) is 2.52. The fourth-order valence-electron chi connectivity index (χ4n) is 2.36. The highest BCUT2D eigenvalue weighted by Crippen LogP contribution is 2.27. The molecule has 2 rings (SSSR count). The van der Waals surface area contributed by atoms with Crippen LogP contribution in [0.25, 0.3) is 0 Å². The lowest BCUT2D eigenvalue weighted by Gasteiger charge is -2.26. The molecule has 1 saturated carbocycles. The molecule has 106 valence electrons. The number of likely N-dealkylation sites (N-methyl/N-ethyl adjacent to an activating group) is 1. The molecule has 1 N–H and O–H groups in total. The standard InChI is InChI=1S/C15H22F2N2/c1-10(19(3)12-7-8-12)9-18-11(2)15-13(16)5-4-6-14(15)17/h4-6,10-12,18H,7-9H2,1-3H3. The van der Waals surface area contributed by atoms with Crippen molar-refractivity contribution in [3.63, 3.8) is 0 Å². The quantitative estimate of drug-likeness (QED) is 0.853. The molecular formula is C15H22F2N2. The average Bonchev–Trinajstić information content (AvgIpc) is 3.19. The Hall–Kier alpha value is -1.00. The molecule has 0 amide bonds. The Morgan fingerprint density at radius 1 is 1.26 bits per heavy atom. The number of halogens is 2. The summed E-state index contributed by atoms with van der Waals surface area (Å²) < 4.78 is 27.3. The first-order valence-electron chi connectivity index (χ1n) is 6.90. The summed E-state index contributed by atoms with van der Waals surface area (Å²) >= 11 is 0. The summed E-state index contributed by atoms with van der Waals surface area (Å²) in [6.45, 7) is 4.66. The Kier molecular flexibility index (Phi) is 4.53. The van der Waals surface area contributed by atoms with E-state index in [1.807, 2.05) is 0 Å². The fourth-order valence-corrected chi connectivity index (χ4v) is 2.36. The SMILES string of the molecule is CC(NCC(C)N(C)C1CC1)c1c(F)cccc1F. The van der Waals surface area contributed by atoms with Crippen LogP contribution in [-0.2, 0) is 0 Å². The van der Waals surface area contributed by atoms with Crippen LogP contribution in [0, 0.1) is 11.6 Å². The van der Waals surface area contributed by atoms with Gasteiger partial charge in [-0.2, -0.15) is 0 Å². The lowest BCUT2D eigenvalue weighted by molar-refractivity contribution is 0.236. The summed E-state index contributed by atoms with van der Waals surface area (Å²) in [4.78, 5) is 2.33. The second kappa shape index (κ2) is 5.97. The summed E-state index contributed by atoms with van der Waals surface area (Å²) in [7, 11) is 2.11. The molecule has 1 aromatic carbocycles. The third kappa shape index (κ3) is 3.51. The molecule has 1 aliphatic rings. The van der Waals surface area contributed by atoms with Gasteiger partial charge in [0.2, 0.25) is 0 Å². The Bertz CT molecular complexity index is 412. The van der Waals surface area contributed by atoms with Crippen molar-refractivity contribution in [1.29, 1.82) is 0 Å². The molecule has 2 nitrogen and oxygen atoms in total. The van der Waals surface area contributed by atoms with Gasteiger partial charge in [-0.15, -0.1) is 0 Å². The van der Waals surface area contributed by atoms with E-state index in [9.17, 15) is 8.78 Å². The first kappa shape index (κ1) is 14.4. The lowest BCUT2D eigenvalue weighted by atomic mass is 10.1. The van der Waals surface area contributed by atoms with Gasteiger partial charge in [-0.05, 0) is 45.9 Å². The van der Waals surface area contributed by atoms with E-state index >= 15 is 0 Å². The summed E-state index contributed by atoms with van der Waals surface area (Å²) in [6, 6.07) is 4.73. The minimum atomic E-state index is -0.483. The maximum absolute atomic E-state index is 13.6. The first-order chi connectivity index (χ1) is 9.00. The Morgan fingerprint density at radius 3 is 2.37 bits per heavy atom. The summed E-state index contributed by atoms with van der Waals surface area (Å²) in [5, 5.41) is 3.22. The minimum absolute atomic E-state index is 0.128. The summed E-state index contributed by atoms with van der Waals surface area (Å²) in [5.41, 5.74) is 0.128. The normalized spacial score (nSPS) is 18.6. The van der Waals surface area contributed by atoms with Crippen LogP contribution in [0.4, 0.5) is 8.78 Å². The Morgan fingerprint density at radius 2 is 1.84 bits per heavy atom. The molecule has 0 saturated heterocycles. The van der Waals surface area contributed by atoms with E-state index in [2.05, 4.69) is 24.2 Å². The van der Waals surface area contributed by atoms with Gasteiger partial charge >= 0.3 is 0 Å². The third-order valence-electron chi connectivity index (χ3n) is 3.97. The molecule has 0 spiro atoms. The molecule has 2 atom stereocenters. The molecule has 0 aromatic heterocycles.